The Balaban J connectivity index is 2.42. The van der Waals surface area contributed by atoms with E-state index in [9.17, 15) is 9.59 Å². The van der Waals surface area contributed by atoms with Crippen LogP contribution in [0.5, 0.6) is 0 Å². The van der Waals surface area contributed by atoms with Gasteiger partial charge in [-0.15, -0.1) is 0 Å². The number of hydrogen-bond acceptors (Lipinski definition) is 3. The predicted molar refractivity (Wildman–Crippen MR) is 46.1 cm³/mol. The number of rotatable bonds is 2. The van der Waals surface area contributed by atoms with E-state index in [4.69, 9.17) is 4.42 Å². The lowest BCUT2D eigenvalue weighted by atomic mass is 10.5. The van der Waals surface area contributed by atoms with E-state index in [1.54, 1.807) is 6.07 Å². The van der Waals surface area contributed by atoms with Crippen LogP contribution in [0.3, 0.4) is 0 Å². The minimum absolute atomic E-state index is 0.481. The second kappa shape index (κ2) is 4.10. The van der Waals surface area contributed by atoms with E-state index in [1.807, 2.05) is 5.32 Å². The van der Waals surface area contributed by atoms with Crippen molar-refractivity contribution in [3.8, 4) is 0 Å². The van der Waals surface area contributed by atoms with Gasteiger partial charge in [0.2, 0.25) is 0 Å². The van der Waals surface area contributed by atoms with Crippen LogP contribution < -0.4 is 10.6 Å². The molecule has 0 fully saturated rings. The molecule has 0 aliphatic rings. The van der Waals surface area contributed by atoms with Gasteiger partial charge in [0.15, 0.2) is 0 Å². The largest absolute Gasteiger partial charge is 0.470 e. The topological polar surface area (TPSA) is 71.3 Å². The van der Waals surface area contributed by atoms with Crippen molar-refractivity contribution in [3.63, 3.8) is 0 Å². The van der Waals surface area contributed by atoms with Gasteiger partial charge in [-0.3, -0.25) is 10.1 Å². The first-order valence-corrected chi connectivity index (χ1v) is 3.49. The van der Waals surface area contributed by atoms with Gasteiger partial charge in [-0.1, -0.05) is 6.58 Å². The number of imide groups is 1. The molecule has 0 spiro atoms. The zero-order chi connectivity index (χ0) is 9.68. The van der Waals surface area contributed by atoms with E-state index in [-0.39, 0.29) is 0 Å². The van der Waals surface area contributed by atoms with Gasteiger partial charge in [-0.25, -0.2) is 4.79 Å². The molecule has 1 heterocycles. The van der Waals surface area contributed by atoms with Gasteiger partial charge >= 0.3 is 6.03 Å². The van der Waals surface area contributed by atoms with Gasteiger partial charge in [-0.05, 0) is 6.08 Å². The Labute approximate surface area is 74.4 Å². The summed E-state index contributed by atoms with van der Waals surface area (Å²) in [5, 5.41) is 4.39. The first kappa shape index (κ1) is 9.05. The van der Waals surface area contributed by atoms with Crippen molar-refractivity contribution in [1.29, 1.82) is 0 Å². The molecule has 0 radical (unpaired) electrons. The lowest BCUT2D eigenvalue weighted by molar-refractivity contribution is -0.115. The van der Waals surface area contributed by atoms with Gasteiger partial charge in [0, 0.05) is 6.07 Å². The zero-order valence-corrected chi connectivity index (χ0v) is 6.74. The summed E-state index contributed by atoms with van der Waals surface area (Å²) >= 11 is 0. The summed E-state index contributed by atoms with van der Waals surface area (Å²) < 4.78 is 4.70. The molecule has 3 amide bonds. The molecule has 1 rings (SSSR count). The average Bonchev–Trinajstić information content (AvgIpc) is 2.56. The van der Waals surface area contributed by atoms with Gasteiger partial charge in [-0.2, -0.15) is 0 Å². The van der Waals surface area contributed by atoms with E-state index in [0.717, 1.165) is 6.08 Å². The summed E-state index contributed by atoms with van der Waals surface area (Å²) in [6.45, 7) is 3.20. The average molecular weight is 180 g/mol. The number of carbonyl (C=O) groups is 2. The second-order valence-corrected chi connectivity index (χ2v) is 2.16. The van der Waals surface area contributed by atoms with Gasteiger partial charge < -0.3 is 9.73 Å². The third-order valence-electron chi connectivity index (χ3n) is 1.20. The van der Waals surface area contributed by atoms with E-state index in [0.29, 0.717) is 5.69 Å². The maximum absolute atomic E-state index is 10.9. The number of hydrogen-bond donors (Lipinski definition) is 2. The smallest absolute Gasteiger partial charge is 0.326 e. The van der Waals surface area contributed by atoms with Crippen molar-refractivity contribution in [2.24, 2.45) is 0 Å². The summed E-state index contributed by atoms with van der Waals surface area (Å²) in [6.07, 6.45) is 3.76. The highest BCUT2D eigenvalue weighted by Gasteiger charge is 2.04. The molecule has 0 bridgehead atoms. The fraction of sp³-hybridized carbons (Fsp3) is 0. The maximum Gasteiger partial charge on any atom is 0.326 e. The van der Waals surface area contributed by atoms with Crippen molar-refractivity contribution >= 4 is 17.6 Å². The Morgan fingerprint density at radius 3 is 2.85 bits per heavy atom. The van der Waals surface area contributed by atoms with Crippen molar-refractivity contribution in [3.05, 3.63) is 31.2 Å². The SMILES string of the molecule is C=CC(=O)NC(=O)Nc1ccoc1. The van der Waals surface area contributed by atoms with Crippen LogP contribution in [0.25, 0.3) is 0 Å². The Morgan fingerprint density at radius 1 is 1.54 bits per heavy atom. The van der Waals surface area contributed by atoms with Gasteiger partial charge in [0.25, 0.3) is 5.91 Å². The van der Waals surface area contributed by atoms with Crippen molar-refractivity contribution in [1.82, 2.24) is 5.32 Å². The fourth-order valence-electron chi connectivity index (χ4n) is 0.661. The zero-order valence-electron chi connectivity index (χ0n) is 6.74. The van der Waals surface area contributed by atoms with Crippen LogP contribution in [0.15, 0.2) is 35.7 Å². The first-order chi connectivity index (χ1) is 6.22. The summed E-state index contributed by atoms with van der Waals surface area (Å²) in [7, 11) is 0. The fourth-order valence-corrected chi connectivity index (χ4v) is 0.661. The number of carbonyl (C=O) groups excluding carboxylic acids is 2. The molecule has 0 saturated heterocycles. The number of anilines is 1. The van der Waals surface area contributed by atoms with Crippen LogP contribution in [-0.4, -0.2) is 11.9 Å². The summed E-state index contributed by atoms with van der Waals surface area (Å²) in [5.74, 6) is -0.555. The maximum atomic E-state index is 10.9. The molecule has 2 N–H and O–H groups in total. The molecule has 0 aliphatic heterocycles. The third kappa shape index (κ3) is 2.82. The minimum Gasteiger partial charge on any atom is -0.470 e. The highest BCUT2D eigenvalue weighted by Crippen LogP contribution is 2.05. The van der Waals surface area contributed by atoms with Crippen LogP contribution in [0.1, 0.15) is 0 Å². The molecule has 5 nitrogen and oxygen atoms in total. The Bertz CT molecular complexity index is 316. The minimum atomic E-state index is -0.619. The molecule has 0 atom stereocenters. The van der Waals surface area contributed by atoms with Crippen LogP contribution in [0, 0.1) is 0 Å². The molecule has 0 aromatic carbocycles. The lowest BCUT2D eigenvalue weighted by Gasteiger charge is -2.00. The van der Waals surface area contributed by atoms with Crippen molar-refractivity contribution in [2.45, 2.75) is 0 Å². The third-order valence-corrected chi connectivity index (χ3v) is 1.20. The van der Waals surface area contributed by atoms with Crippen LogP contribution in [-0.2, 0) is 4.79 Å². The van der Waals surface area contributed by atoms with Gasteiger partial charge in [0.05, 0.1) is 12.0 Å². The van der Waals surface area contributed by atoms with Crippen molar-refractivity contribution < 1.29 is 14.0 Å². The number of furan rings is 1. The van der Waals surface area contributed by atoms with E-state index in [1.165, 1.54) is 12.5 Å². The van der Waals surface area contributed by atoms with Gasteiger partial charge in [0.1, 0.15) is 6.26 Å². The number of nitrogens with one attached hydrogen (secondary N) is 2. The molecule has 5 heteroatoms. The molecule has 0 saturated carbocycles. The van der Waals surface area contributed by atoms with Crippen LogP contribution in [0.4, 0.5) is 10.5 Å². The predicted octanol–water partition coefficient (Wildman–Crippen LogP) is 1.11. The highest BCUT2D eigenvalue weighted by molar-refractivity contribution is 6.04. The summed E-state index contributed by atoms with van der Waals surface area (Å²) in [4.78, 5) is 21.6. The number of urea groups is 1. The second-order valence-electron chi connectivity index (χ2n) is 2.16. The molecule has 68 valence electrons. The summed E-state index contributed by atoms with van der Waals surface area (Å²) in [5.41, 5.74) is 0.481. The van der Waals surface area contributed by atoms with E-state index >= 15 is 0 Å². The molecule has 13 heavy (non-hydrogen) atoms. The molecular weight excluding hydrogens is 172 g/mol. The normalized spacial score (nSPS) is 8.92. The Hall–Kier alpha value is -2.04. The molecule has 1 aromatic heterocycles. The highest BCUT2D eigenvalue weighted by atomic mass is 16.3. The molecular formula is C8H8N2O3. The number of amides is 3. The first-order valence-electron chi connectivity index (χ1n) is 3.49. The molecule has 0 aliphatic carbocycles. The standard InChI is InChI=1S/C8H8N2O3/c1-2-7(11)10-8(12)9-6-3-4-13-5-6/h2-5H,1H2,(H2,9,10,11,12). The summed E-state index contributed by atoms with van der Waals surface area (Å²) in [6, 6.07) is 0.934. The Kier molecular flexibility index (Phi) is 2.86. The molecule has 0 unspecified atom stereocenters. The van der Waals surface area contributed by atoms with E-state index in [2.05, 4.69) is 11.9 Å². The van der Waals surface area contributed by atoms with E-state index < -0.39 is 11.9 Å². The quantitative estimate of drug-likeness (QED) is 0.670. The lowest BCUT2D eigenvalue weighted by Crippen LogP contribution is -2.32. The monoisotopic (exact) mass is 180 g/mol. The van der Waals surface area contributed by atoms with Crippen molar-refractivity contribution in [2.75, 3.05) is 5.32 Å². The Morgan fingerprint density at radius 2 is 2.31 bits per heavy atom. The van der Waals surface area contributed by atoms with Crippen LogP contribution >= 0.6 is 0 Å². The molecule has 1 aromatic rings. The van der Waals surface area contributed by atoms with Crippen LogP contribution in [0.2, 0.25) is 0 Å².